The summed E-state index contributed by atoms with van der Waals surface area (Å²) in [6.45, 7) is 6.39. The summed E-state index contributed by atoms with van der Waals surface area (Å²) in [4.78, 5) is 36.4. The molecule has 0 atom stereocenters. The molecule has 8 heteroatoms. The van der Waals surface area contributed by atoms with E-state index in [4.69, 9.17) is 0 Å². The molecule has 0 bridgehead atoms. The number of hydrogen-bond acceptors (Lipinski definition) is 6. The van der Waals surface area contributed by atoms with Crippen molar-refractivity contribution in [2.24, 2.45) is 0 Å². The lowest BCUT2D eigenvalue weighted by molar-refractivity contribution is -0.145. The Hall–Kier alpha value is -3.78. The van der Waals surface area contributed by atoms with Gasteiger partial charge in [-0.05, 0) is 47.7 Å². The molecular formula is C30H40N6O2. The molecule has 2 heterocycles. The number of aromatic nitrogens is 2. The average Bonchev–Trinajstić information content (AvgIpc) is 3.35. The van der Waals surface area contributed by atoms with Crippen LogP contribution in [0.1, 0.15) is 50.3 Å². The van der Waals surface area contributed by atoms with Gasteiger partial charge >= 0.3 is 0 Å². The summed E-state index contributed by atoms with van der Waals surface area (Å²) >= 11 is 0. The van der Waals surface area contributed by atoms with Crippen LogP contribution in [0.3, 0.4) is 0 Å². The van der Waals surface area contributed by atoms with Gasteiger partial charge in [-0.25, -0.2) is 15.0 Å². The van der Waals surface area contributed by atoms with Crippen LogP contribution in [0.5, 0.6) is 0 Å². The topological polar surface area (TPSA) is 81.7 Å². The number of amides is 2. The first-order valence-corrected chi connectivity index (χ1v) is 12.9. The van der Waals surface area contributed by atoms with Crippen LogP contribution in [0.15, 0.2) is 61.2 Å². The van der Waals surface area contributed by atoms with Crippen LogP contribution in [-0.2, 0) is 22.7 Å². The van der Waals surface area contributed by atoms with Gasteiger partial charge in [-0.3, -0.25) is 14.6 Å². The van der Waals surface area contributed by atoms with E-state index in [2.05, 4.69) is 34.3 Å². The summed E-state index contributed by atoms with van der Waals surface area (Å²) < 4.78 is 0. The van der Waals surface area contributed by atoms with E-state index in [-0.39, 0.29) is 32.3 Å². The smallest absolute Gasteiger partial charge is 0.256 e. The lowest BCUT2D eigenvalue weighted by Crippen LogP contribution is -2.48. The maximum Gasteiger partial charge on any atom is 0.256 e. The monoisotopic (exact) mass is 516 g/mol. The van der Waals surface area contributed by atoms with Gasteiger partial charge in [0.05, 0.1) is 13.1 Å². The molecule has 2 aromatic carbocycles. The molecule has 0 saturated heterocycles. The Kier molecular flexibility index (Phi) is 10.4. The molecular weight excluding hydrogens is 476 g/mol. The second kappa shape index (κ2) is 13.7. The molecule has 0 aliphatic carbocycles. The van der Waals surface area contributed by atoms with Crippen molar-refractivity contribution in [3.8, 4) is 11.1 Å². The molecule has 3 aromatic rings. The second-order valence-corrected chi connectivity index (χ2v) is 9.55. The minimum absolute atomic E-state index is 0. The molecule has 2 amide bonds. The van der Waals surface area contributed by atoms with Crippen LogP contribution in [0.25, 0.3) is 11.1 Å². The number of nitrogens with one attached hydrogen (secondary N) is 1. The van der Waals surface area contributed by atoms with E-state index in [1.54, 1.807) is 17.4 Å². The van der Waals surface area contributed by atoms with Crippen molar-refractivity contribution >= 4 is 17.5 Å². The van der Waals surface area contributed by atoms with Crippen molar-refractivity contribution < 1.29 is 9.59 Å². The fourth-order valence-electron chi connectivity index (χ4n) is 4.65. The number of likely N-dealkylation sites (N-methyl/N-ethyl adjacent to an activating group) is 1. The average molecular weight is 517 g/mol. The Morgan fingerprint density at radius 3 is 2.29 bits per heavy atom. The molecule has 8 nitrogen and oxygen atoms in total. The van der Waals surface area contributed by atoms with Gasteiger partial charge in [0, 0.05) is 50.3 Å². The van der Waals surface area contributed by atoms with Crippen LogP contribution < -0.4 is 10.2 Å². The van der Waals surface area contributed by atoms with Crippen molar-refractivity contribution in [3.05, 3.63) is 77.9 Å². The Morgan fingerprint density at radius 1 is 0.974 bits per heavy atom. The van der Waals surface area contributed by atoms with Gasteiger partial charge in [0.25, 0.3) is 5.91 Å². The highest BCUT2D eigenvalue weighted by Gasteiger charge is 2.27. The number of carbonyl (C=O) groups is 2. The molecule has 0 unspecified atom stereocenters. The van der Waals surface area contributed by atoms with Crippen LogP contribution >= 0.6 is 0 Å². The molecule has 38 heavy (non-hydrogen) atoms. The lowest BCUT2D eigenvalue weighted by atomic mass is 10.0. The minimum Gasteiger partial charge on any atom is -0.355 e. The number of fused-ring (bicyclic) bond motifs is 1. The Labute approximate surface area is 226 Å². The lowest BCUT2D eigenvalue weighted by Gasteiger charge is -2.32. The van der Waals surface area contributed by atoms with Gasteiger partial charge in [-0.2, -0.15) is 0 Å². The molecule has 0 fully saturated rings. The first-order chi connectivity index (χ1) is 18.0. The van der Waals surface area contributed by atoms with Crippen LogP contribution in [0, 0.1) is 6.92 Å². The first-order valence-electron chi connectivity index (χ1n) is 12.9. The largest absolute Gasteiger partial charge is 0.355 e. The minimum atomic E-state index is -0.0833. The van der Waals surface area contributed by atoms with E-state index in [0.29, 0.717) is 19.6 Å². The standard InChI is InChI=1S/C29H36N6O2.CH4/c1-4-5-8-13-32-28(36)19-34(27-12-11-23(14-22(27)2)26-15-30-21-31-16-26)20-29(37)33(3)35-17-24-9-6-7-10-25(24)18-35;/h6-7,9-12,14-16,21H,4-5,8,13,17-20H2,1-3H3,(H,32,36);1H4. The van der Waals surface area contributed by atoms with Crippen molar-refractivity contribution in [1.29, 1.82) is 0 Å². The second-order valence-electron chi connectivity index (χ2n) is 9.55. The number of rotatable bonds is 11. The number of hydrazine groups is 1. The van der Waals surface area contributed by atoms with Crippen molar-refractivity contribution in [3.63, 3.8) is 0 Å². The summed E-state index contributed by atoms with van der Waals surface area (Å²) in [6, 6.07) is 14.3. The van der Waals surface area contributed by atoms with Gasteiger partial charge in [0.15, 0.2) is 0 Å². The van der Waals surface area contributed by atoms with Gasteiger partial charge in [-0.15, -0.1) is 0 Å². The third kappa shape index (κ3) is 7.16. The summed E-state index contributed by atoms with van der Waals surface area (Å²) in [5, 5.41) is 6.75. The number of nitrogens with zero attached hydrogens (tertiary/aromatic N) is 5. The fraction of sp³-hybridized carbons (Fsp3) is 0.400. The van der Waals surface area contributed by atoms with Gasteiger partial charge in [0.2, 0.25) is 5.91 Å². The predicted octanol–water partition coefficient (Wildman–Crippen LogP) is 4.59. The zero-order chi connectivity index (χ0) is 26.2. The summed E-state index contributed by atoms with van der Waals surface area (Å²) in [5.74, 6) is -0.147. The number of unbranched alkanes of at least 4 members (excludes halogenated alkanes) is 2. The molecule has 1 aromatic heterocycles. The zero-order valence-corrected chi connectivity index (χ0v) is 22.0. The van der Waals surface area contributed by atoms with E-state index in [9.17, 15) is 9.59 Å². The SMILES string of the molecule is C.CCCCCNC(=O)CN(CC(=O)N(C)N1Cc2ccccc2C1)c1ccc(-c2cncnc2)cc1C. The molecule has 202 valence electrons. The molecule has 0 spiro atoms. The zero-order valence-electron chi connectivity index (χ0n) is 22.0. The number of carbonyl (C=O) groups excluding carboxylic acids is 2. The van der Waals surface area contributed by atoms with Crippen LogP contribution in [0.2, 0.25) is 0 Å². The first kappa shape index (κ1) is 28.8. The summed E-state index contributed by atoms with van der Waals surface area (Å²) in [7, 11) is 1.81. The number of aryl methyl sites for hydroxylation is 1. The van der Waals surface area contributed by atoms with E-state index >= 15 is 0 Å². The molecule has 0 saturated carbocycles. The molecule has 0 radical (unpaired) electrons. The van der Waals surface area contributed by atoms with Gasteiger partial charge in [0.1, 0.15) is 6.33 Å². The maximum atomic E-state index is 13.4. The highest BCUT2D eigenvalue weighted by atomic mass is 16.2. The Morgan fingerprint density at radius 2 is 1.66 bits per heavy atom. The van der Waals surface area contributed by atoms with E-state index in [1.807, 2.05) is 54.2 Å². The van der Waals surface area contributed by atoms with Crippen LogP contribution in [0.4, 0.5) is 5.69 Å². The van der Waals surface area contributed by atoms with Crippen molar-refractivity contribution in [1.82, 2.24) is 25.3 Å². The Balaban J connectivity index is 0.00000400. The summed E-state index contributed by atoms with van der Waals surface area (Å²) in [5.41, 5.74) is 6.22. The summed E-state index contributed by atoms with van der Waals surface area (Å²) in [6.07, 6.45) is 8.18. The number of anilines is 1. The van der Waals surface area contributed by atoms with E-state index < -0.39 is 0 Å². The predicted molar refractivity (Wildman–Crippen MR) is 152 cm³/mol. The van der Waals surface area contributed by atoms with Gasteiger partial charge in [-0.1, -0.05) is 57.5 Å². The third-order valence-corrected chi connectivity index (χ3v) is 6.80. The quantitative estimate of drug-likeness (QED) is 0.376. The number of benzene rings is 2. The maximum absolute atomic E-state index is 13.4. The van der Waals surface area contributed by atoms with E-state index in [0.717, 1.165) is 41.6 Å². The fourth-order valence-corrected chi connectivity index (χ4v) is 4.65. The molecule has 1 N–H and O–H groups in total. The normalized spacial score (nSPS) is 12.4. The van der Waals surface area contributed by atoms with Crippen molar-refractivity contribution in [2.45, 2.75) is 53.6 Å². The molecule has 1 aliphatic rings. The molecule has 4 rings (SSSR count). The van der Waals surface area contributed by atoms with Gasteiger partial charge < -0.3 is 10.2 Å². The highest BCUT2D eigenvalue weighted by Crippen LogP contribution is 2.27. The Bertz CT molecular complexity index is 1190. The van der Waals surface area contributed by atoms with Crippen molar-refractivity contribution in [2.75, 3.05) is 31.6 Å². The van der Waals surface area contributed by atoms with E-state index in [1.165, 1.54) is 17.5 Å². The highest BCUT2D eigenvalue weighted by molar-refractivity contribution is 5.87. The van der Waals surface area contributed by atoms with Crippen LogP contribution in [-0.4, -0.2) is 58.5 Å². The number of hydrogen-bond donors (Lipinski definition) is 1. The molecule has 1 aliphatic heterocycles. The third-order valence-electron chi connectivity index (χ3n) is 6.80.